The van der Waals surface area contributed by atoms with Crippen LogP contribution in [0.5, 0.6) is 0 Å². The minimum Gasteiger partial charge on any atom is -0.481 e. The summed E-state index contributed by atoms with van der Waals surface area (Å²) in [6, 6.07) is 8.53. The lowest BCUT2D eigenvalue weighted by Crippen LogP contribution is -2.35. The van der Waals surface area contributed by atoms with Gasteiger partial charge in [0, 0.05) is 33.1 Å². The second kappa shape index (κ2) is 8.66. The molecule has 4 rings (SSSR count). The number of halogens is 3. The molecule has 3 N–H and O–H groups in total. The van der Waals surface area contributed by atoms with Crippen LogP contribution < -0.4 is 10.6 Å². The number of pyridine rings is 1. The predicted octanol–water partition coefficient (Wildman–Crippen LogP) is 3.05. The number of anilines is 2. The van der Waals surface area contributed by atoms with Gasteiger partial charge in [0.05, 0.1) is 23.0 Å². The summed E-state index contributed by atoms with van der Waals surface area (Å²) in [7, 11) is 0. The van der Waals surface area contributed by atoms with E-state index >= 15 is 0 Å². The van der Waals surface area contributed by atoms with Crippen LogP contribution in [-0.4, -0.2) is 53.0 Å². The van der Waals surface area contributed by atoms with Crippen LogP contribution in [0.4, 0.5) is 24.7 Å². The highest BCUT2D eigenvalue weighted by atomic mass is 19.4. The first kappa shape index (κ1) is 22.1. The largest absolute Gasteiger partial charge is 0.481 e. The predicted molar refractivity (Wildman–Crippen MR) is 109 cm³/mol. The minimum atomic E-state index is -4.56. The molecule has 0 saturated carbocycles. The van der Waals surface area contributed by atoms with E-state index in [2.05, 4.69) is 9.88 Å². The molecule has 0 atom stereocenters. The molecular weight excluding hydrogens is 413 g/mol. The second-order valence-electron chi connectivity index (χ2n) is 7.24. The molecule has 10 heteroatoms. The molecule has 0 saturated heterocycles. The number of carbonyl (C=O) groups is 2. The Labute approximate surface area is 176 Å². The number of benzene rings is 1. The summed E-state index contributed by atoms with van der Waals surface area (Å²) in [5.74, 6) is -0.631. The Bertz CT molecular complexity index is 997. The van der Waals surface area contributed by atoms with Crippen molar-refractivity contribution in [3.05, 3.63) is 64.9 Å². The van der Waals surface area contributed by atoms with Crippen molar-refractivity contribution in [2.75, 3.05) is 36.8 Å². The van der Waals surface area contributed by atoms with E-state index in [9.17, 15) is 18.0 Å². The van der Waals surface area contributed by atoms with Crippen LogP contribution in [0.15, 0.2) is 53.7 Å². The smallest absolute Gasteiger partial charge is 0.417 e. The maximum absolute atomic E-state index is 13.2. The first-order valence-corrected chi connectivity index (χ1v) is 9.37. The topological polar surface area (TPSA) is 99.8 Å². The van der Waals surface area contributed by atoms with E-state index < -0.39 is 23.6 Å². The third-order valence-corrected chi connectivity index (χ3v) is 4.87. The molecule has 2 aliphatic heterocycles. The van der Waals surface area contributed by atoms with Gasteiger partial charge in [-0.3, -0.25) is 9.59 Å². The molecule has 31 heavy (non-hydrogen) atoms. The Morgan fingerprint density at radius 1 is 1.03 bits per heavy atom. The van der Waals surface area contributed by atoms with E-state index in [1.807, 2.05) is 6.07 Å². The number of aliphatic carboxylic acids is 1. The zero-order chi connectivity index (χ0) is 22.8. The quantitative estimate of drug-likeness (QED) is 0.705. The van der Waals surface area contributed by atoms with Gasteiger partial charge in [0.25, 0.3) is 11.9 Å². The molecule has 0 spiro atoms. The van der Waals surface area contributed by atoms with Gasteiger partial charge in [0.2, 0.25) is 0 Å². The first-order chi connectivity index (χ1) is 14.6. The highest BCUT2D eigenvalue weighted by molar-refractivity contribution is 5.96. The zero-order valence-electron chi connectivity index (χ0n) is 16.7. The molecule has 2 aliphatic rings. The molecule has 0 radical (unpaired) electrons. The van der Waals surface area contributed by atoms with Crippen molar-refractivity contribution in [2.24, 2.45) is 0 Å². The maximum Gasteiger partial charge on any atom is 0.417 e. The molecule has 7 nitrogen and oxygen atoms in total. The lowest BCUT2D eigenvalue weighted by molar-refractivity contribution is -0.138. The average molecular weight is 434 g/mol. The van der Waals surface area contributed by atoms with Gasteiger partial charge in [-0.25, -0.2) is 4.98 Å². The molecule has 0 fully saturated rings. The monoisotopic (exact) mass is 434 g/mol. The number of rotatable bonds is 2. The second-order valence-corrected chi connectivity index (χ2v) is 7.24. The normalized spacial score (nSPS) is 15.5. The number of nitrogens with zero attached hydrogens (tertiary/aromatic N) is 3. The van der Waals surface area contributed by atoms with Crippen molar-refractivity contribution in [3.8, 4) is 0 Å². The summed E-state index contributed by atoms with van der Waals surface area (Å²) < 4.78 is 39.6. The van der Waals surface area contributed by atoms with Gasteiger partial charge >= 0.3 is 6.18 Å². The number of carboxylic acids is 1. The van der Waals surface area contributed by atoms with Gasteiger partial charge in [-0.15, -0.1) is 0 Å². The Hall–Kier alpha value is -3.56. The summed E-state index contributed by atoms with van der Waals surface area (Å²) in [5.41, 5.74) is 7.16. The highest BCUT2D eigenvalue weighted by Gasteiger charge is 2.38. The number of hydrogen-bond acceptors (Lipinski definition) is 5. The van der Waals surface area contributed by atoms with E-state index in [1.165, 1.54) is 23.1 Å². The van der Waals surface area contributed by atoms with E-state index in [4.69, 9.17) is 15.6 Å². The van der Waals surface area contributed by atoms with Crippen molar-refractivity contribution in [1.82, 2.24) is 9.88 Å². The first-order valence-electron chi connectivity index (χ1n) is 9.37. The third kappa shape index (κ3) is 5.14. The van der Waals surface area contributed by atoms with Gasteiger partial charge in [-0.05, 0) is 35.4 Å². The SMILES string of the molecule is CC(=O)O.Nc1ccc(N2CC3=C(CN(C(=O)c4ccccc4C(F)(F)F)C3)C2)nc1. The Morgan fingerprint density at radius 3 is 2.13 bits per heavy atom. The Kier molecular flexibility index (Phi) is 6.19. The highest BCUT2D eigenvalue weighted by Crippen LogP contribution is 2.34. The standard InChI is InChI=1S/C19H17F3N4O.C2H4O2/c20-19(21,22)16-4-2-1-3-15(16)18(27)26-10-12-8-25(9-13(12)11-26)17-6-5-14(23)7-24-17;1-2(3)4/h1-7H,8-11,23H2;1H3,(H,3,4). The molecule has 0 aliphatic carbocycles. The number of aromatic nitrogens is 1. The average Bonchev–Trinajstić information content (AvgIpc) is 3.26. The van der Waals surface area contributed by atoms with Gasteiger partial charge in [0.15, 0.2) is 0 Å². The van der Waals surface area contributed by atoms with Gasteiger partial charge in [0.1, 0.15) is 5.82 Å². The summed E-state index contributed by atoms with van der Waals surface area (Å²) in [5, 5.41) is 7.42. The number of nitrogen functional groups attached to an aromatic ring is 1. The summed E-state index contributed by atoms with van der Waals surface area (Å²) in [6.45, 7) is 2.98. The molecular formula is C21H21F3N4O3. The fourth-order valence-corrected chi connectivity index (χ4v) is 3.56. The van der Waals surface area contributed by atoms with Crippen molar-refractivity contribution in [2.45, 2.75) is 13.1 Å². The molecule has 3 heterocycles. The van der Waals surface area contributed by atoms with Crippen molar-refractivity contribution in [3.63, 3.8) is 0 Å². The molecule has 1 aromatic heterocycles. The molecule has 0 unspecified atom stereocenters. The Balaban J connectivity index is 0.000000628. The van der Waals surface area contributed by atoms with Crippen LogP contribution in [0, 0.1) is 0 Å². The van der Waals surface area contributed by atoms with Crippen LogP contribution >= 0.6 is 0 Å². The van der Waals surface area contributed by atoms with Gasteiger partial charge in [-0.1, -0.05) is 12.1 Å². The van der Waals surface area contributed by atoms with Crippen LogP contribution in [0.2, 0.25) is 0 Å². The minimum absolute atomic E-state index is 0.303. The maximum atomic E-state index is 13.2. The van der Waals surface area contributed by atoms with E-state index in [0.29, 0.717) is 31.9 Å². The van der Waals surface area contributed by atoms with Gasteiger partial charge < -0.3 is 20.6 Å². The lowest BCUT2D eigenvalue weighted by atomic mass is 10.1. The zero-order valence-corrected chi connectivity index (χ0v) is 16.7. The van der Waals surface area contributed by atoms with Crippen molar-refractivity contribution >= 4 is 23.4 Å². The van der Waals surface area contributed by atoms with Crippen LogP contribution in [-0.2, 0) is 11.0 Å². The molecule has 1 amide bonds. The van der Waals surface area contributed by atoms with E-state index in [1.54, 1.807) is 12.3 Å². The number of carbonyl (C=O) groups excluding carboxylic acids is 1. The molecule has 164 valence electrons. The van der Waals surface area contributed by atoms with Crippen molar-refractivity contribution in [1.29, 1.82) is 0 Å². The third-order valence-electron chi connectivity index (χ3n) is 4.87. The summed E-state index contributed by atoms with van der Waals surface area (Å²) in [4.78, 5) is 29.5. The van der Waals surface area contributed by atoms with Crippen LogP contribution in [0.25, 0.3) is 0 Å². The van der Waals surface area contributed by atoms with Crippen molar-refractivity contribution < 1.29 is 27.9 Å². The summed E-state index contributed by atoms with van der Waals surface area (Å²) >= 11 is 0. The number of carboxylic acid groups (broad SMARTS) is 1. The number of nitrogens with two attached hydrogens (primary N) is 1. The molecule has 0 bridgehead atoms. The Morgan fingerprint density at radius 2 is 1.61 bits per heavy atom. The van der Waals surface area contributed by atoms with Crippen LogP contribution in [0.1, 0.15) is 22.8 Å². The number of alkyl halides is 3. The lowest BCUT2D eigenvalue weighted by Gasteiger charge is -2.24. The molecule has 2 aromatic rings. The summed E-state index contributed by atoms with van der Waals surface area (Å²) in [6.07, 6.45) is -2.97. The number of hydrogen-bond donors (Lipinski definition) is 2. The van der Waals surface area contributed by atoms with E-state index in [0.717, 1.165) is 30.0 Å². The van der Waals surface area contributed by atoms with Crippen LogP contribution in [0.3, 0.4) is 0 Å². The number of amides is 1. The van der Waals surface area contributed by atoms with E-state index in [-0.39, 0.29) is 5.56 Å². The van der Waals surface area contributed by atoms with Gasteiger partial charge in [-0.2, -0.15) is 13.2 Å². The molecule has 1 aromatic carbocycles. The fourth-order valence-electron chi connectivity index (χ4n) is 3.56. The fraction of sp³-hybridized carbons (Fsp3) is 0.286.